The zero-order valence-electron chi connectivity index (χ0n) is 13.5. The minimum absolute atomic E-state index is 0.0421. The maximum absolute atomic E-state index is 14.0. The summed E-state index contributed by atoms with van der Waals surface area (Å²) in [5, 5.41) is 2.53. The first-order valence-corrected chi connectivity index (χ1v) is 7.83. The van der Waals surface area contributed by atoms with Crippen LogP contribution in [0.4, 0.5) is 4.39 Å². The molecule has 0 aromatic heterocycles. The molecule has 1 aliphatic rings. The van der Waals surface area contributed by atoms with Gasteiger partial charge in [0.1, 0.15) is 5.82 Å². The zero-order chi connectivity index (χ0) is 16.8. The third-order valence-corrected chi connectivity index (χ3v) is 4.22. The van der Waals surface area contributed by atoms with Crippen molar-refractivity contribution < 1.29 is 18.7 Å². The molecule has 0 spiro atoms. The van der Waals surface area contributed by atoms with E-state index in [9.17, 15) is 14.0 Å². The molecular weight excluding hydrogens is 299 g/mol. The number of hydrogen-bond donors (Lipinski definition) is 1. The summed E-state index contributed by atoms with van der Waals surface area (Å²) in [7, 11) is 1.61. The third-order valence-electron chi connectivity index (χ3n) is 4.22. The van der Waals surface area contributed by atoms with Crippen molar-refractivity contribution in [1.82, 2.24) is 10.2 Å². The number of rotatable bonds is 5. The highest BCUT2D eigenvalue weighted by atomic mass is 19.1. The topological polar surface area (TPSA) is 58.6 Å². The minimum Gasteiger partial charge on any atom is -0.379 e. The van der Waals surface area contributed by atoms with Crippen LogP contribution < -0.4 is 5.32 Å². The van der Waals surface area contributed by atoms with Crippen LogP contribution in [0.3, 0.4) is 0 Å². The summed E-state index contributed by atoms with van der Waals surface area (Å²) in [5.41, 5.74) is 0.568. The van der Waals surface area contributed by atoms with Crippen molar-refractivity contribution in [2.45, 2.75) is 38.3 Å². The predicted molar refractivity (Wildman–Crippen MR) is 84.3 cm³/mol. The maximum atomic E-state index is 14.0. The van der Waals surface area contributed by atoms with Gasteiger partial charge < -0.3 is 15.0 Å². The number of methoxy groups -OCH3 is 1. The summed E-state index contributed by atoms with van der Waals surface area (Å²) in [6, 6.07) is 6.35. The van der Waals surface area contributed by atoms with Gasteiger partial charge >= 0.3 is 0 Å². The van der Waals surface area contributed by atoms with E-state index in [0.717, 1.165) is 12.8 Å². The number of carbonyl (C=O) groups excluding carboxylic acids is 2. The Bertz CT molecular complexity index is 565. The van der Waals surface area contributed by atoms with Crippen molar-refractivity contribution in [2.75, 3.05) is 20.2 Å². The fourth-order valence-corrected chi connectivity index (χ4v) is 3.04. The monoisotopic (exact) mass is 322 g/mol. The van der Waals surface area contributed by atoms with Crippen LogP contribution in [0.15, 0.2) is 24.3 Å². The molecule has 23 heavy (non-hydrogen) atoms. The van der Waals surface area contributed by atoms with Crippen molar-refractivity contribution in [3.05, 3.63) is 35.6 Å². The second-order valence-electron chi connectivity index (χ2n) is 5.78. The number of amides is 2. The van der Waals surface area contributed by atoms with E-state index in [2.05, 4.69) is 5.32 Å². The van der Waals surface area contributed by atoms with E-state index < -0.39 is 0 Å². The minimum atomic E-state index is -0.276. The van der Waals surface area contributed by atoms with E-state index in [1.807, 2.05) is 0 Å². The van der Waals surface area contributed by atoms with Crippen LogP contribution in [0.25, 0.3) is 0 Å². The number of hydrogen-bond acceptors (Lipinski definition) is 3. The summed E-state index contributed by atoms with van der Waals surface area (Å²) in [6.07, 6.45) is 1.93. The van der Waals surface area contributed by atoms with Crippen molar-refractivity contribution in [3.63, 3.8) is 0 Å². The molecule has 1 heterocycles. The molecule has 1 aromatic carbocycles. The van der Waals surface area contributed by atoms with Gasteiger partial charge in [-0.3, -0.25) is 9.59 Å². The lowest BCUT2D eigenvalue weighted by Gasteiger charge is -2.41. The maximum Gasteiger partial charge on any atom is 0.242 e. The van der Waals surface area contributed by atoms with Gasteiger partial charge in [-0.2, -0.15) is 0 Å². The summed E-state index contributed by atoms with van der Waals surface area (Å²) >= 11 is 0. The highest BCUT2D eigenvalue weighted by Gasteiger charge is 2.34. The van der Waals surface area contributed by atoms with Gasteiger partial charge in [0.2, 0.25) is 11.8 Å². The molecular formula is C17H23FN2O3. The average molecular weight is 322 g/mol. The first-order chi connectivity index (χ1) is 11.0. The molecule has 0 unspecified atom stereocenters. The molecule has 2 atom stereocenters. The molecule has 1 aliphatic heterocycles. The quantitative estimate of drug-likeness (QED) is 0.894. The molecule has 1 saturated heterocycles. The Morgan fingerprint density at radius 2 is 2.13 bits per heavy atom. The largest absolute Gasteiger partial charge is 0.379 e. The first-order valence-electron chi connectivity index (χ1n) is 7.83. The van der Waals surface area contributed by atoms with Gasteiger partial charge in [-0.05, 0) is 30.9 Å². The number of nitrogens with zero attached hydrogens (tertiary/aromatic N) is 1. The number of benzene rings is 1. The van der Waals surface area contributed by atoms with E-state index >= 15 is 0 Å². The van der Waals surface area contributed by atoms with E-state index in [1.54, 1.807) is 30.2 Å². The molecule has 0 saturated carbocycles. The molecule has 0 aliphatic carbocycles. The van der Waals surface area contributed by atoms with Gasteiger partial charge in [0.25, 0.3) is 0 Å². The number of ether oxygens (including phenoxy) is 1. The predicted octanol–water partition coefficient (Wildman–Crippen LogP) is 1.51. The molecule has 0 bridgehead atoms. The fraction of sp³-hybridized carbons (Fsp3) is 0.529. The van der Waals surface area contributed by atoms with Crippen LogP contribution in [-0.4, -0.2) is 49.1 Å². The number of piperidine rings is 1. The first kappa shape index (κ1) is 17.4. The Kier molecular flexibility index (Phi) is 6.10. The second kappa shape index (κ2) is 8.06. The Morgan fingerprint density at radius 1 is 1.39 bits per heavy atom. The van der Waals surface area contributed by atoms with E-state index in [4.69, 9.17) is 4.74 Å². The van der Waals surface area contributed by atoms with Crippen molar-refractivity contribution >= 4 is 11.8 Å². The van der Waals surface area contributed by atoms with E-state index in [1.165, 1.54) is 13.0 Å². The summed E-state index contributed by atoms with van der Waals surface area (Å²) < 4.78 is 19.5. The zero-order valence-corrected chi connectivity index (χ0v) is 13.5. The van der Waals surface area contributed by atoms with Crippen LogP contribution in [0.2, 0.25) is 0 Å². The van der Waals surface area contributed by atoms with Gasteiger partial charge in [-0.1, -0.05) is 18.2 Å². The van der Waals surface area contributed by atoms with Crippen LogP contribution in [-0.2, 0) is 20.7 Å². The van der Waals surface area contributed by atoms with Gasteiger partial charge in [0.05, 0.1) is 18.7 Å². The lowest BCUT2D eigenvalue weighted by Crippen LogP contribution is -2.55. The number of carbonyl (C=O) groups is 2. The number of nitrogens with one attached hydrogen (secondary N) is 1. The van der Waals surface area contributed by atoms with Gasteiger partial charge in [-0.25, -0.2) is 4.39 Å². The molecule has 2 rings (SSSR count). The lowest BCUT2D eigenvalue weighted by atomic mass is 9.92. The Labute approximate surface area is 135 Å². The van der Waals surface area contributed by atoms with Crippen LogP contribution in [0.5, 0.6) is 0 Å². The standard InChI is InChI=1S/C17H23FN2O3/c1-12(21)19-11-17(22)20-9-5-8-16(23-2)15(20)10-13-6-3-4-7-14(13)18/h3-4,6-7,15-16H,5,8-11H2,1-2H3,(H,19,21)/t15-,16-/m0/s1. The van der Waals surface area contributed by atoms with E-state index in [0.29, 0.717) is 18.5 Å². The molecule has 5 nitrogen and oxygen atoms in total. The average Bonchev–Trinajstić information content (AvgIpc) is 2.54. The number of likely N-dealkylation sites (tertiary alicyclic amines) is 1. The smallest absolute Gasteiger partial charge is 0.242 e. The summed E-state index contributed by atoms with van der Waals surface area (Å²) in [4.78, 5) is 25.1. The van der Waals surface area contributed by atoms with E-state index in [-0.39, 0.29) is 36.3 Å². The highest BCUT2D eigenvalue weighted by molar-refractivity contribution is 5.84. The fourth-order valence-electron chi connectivity index (χ4n) is 3.04. The molecule has 1 N–H and O–H groups in total. The molecule has 1 fully saturated rings. The van der Waals surface area contributed by atoms with Crippen LogP contribution in [0.1, 0.15) is 25.3 Å². The molecule has 1 aromatic rings. The number of halogens is 1. The van der Waals surface area contributed by atoms with Gasteiger partial charge in [0, 0.05) is 20.6 Å². The third kappa shape index (κ3) is 4.51. The Morgan fingerprint density at radius 3 is 2.78 bits per heavy atom. The Balaban J connectivity index is 2.16. The van der Waals surface area contributed by atoms with Crippen molar-refractivity contribution in [2.24, 2.45) is 0 Å². The van der Waals surface area contributed by atoms with Crippen LogP contribution in [0, 0.1) is 5.82 Å². The van der Waals surface area contributed by atoms with Crippen molar-refractivity contribution in [3.8, 4) is 0 Å². The molecule has 2 amide bonds. The summed E-state index contributed by atoms with van der Waals surface area (Å²) in [6.45, 7) is 1.93. The van der Waals surface area contributed by atoms with Gasteiger partial charge in [-0.15, -0.1) is 0 Å². The van der Waals surface area contributed by atoms with Gasteiger partial charge in [0.15, 0.2) is 0 Å². The normalized spacial score (nSPS) is 21.1. The lowest BCUT2D eigenvalue weighted by molar-refractivity contribution is -0.140. The summed E-state index contributed by atoms with van der Waals surface area (Å²) in [5.74, 6) is -0.685. The van der Waals surface area contributed by atoms with Crippen LogP contribution >= 0.6 is 0 Å². The molecule has 126 valence electrons. The highest BCUT2D eigenvalue weighted by Crippen LogP contribution is 2.24. The second-order valence-corrected chi connectivity index (χ2v) is 5.78. The SMILES string of the molecule is CO[C@H]1CCCN(C(=O)CNC(C)=O)[C@H]1Cc1ccccc1F. The molecule has 6 heteroatoms. The Hall–Kier alpha value is -1.95. The van der Waals surface area contributed by atoms with Crippen molar-refractivity contribution in [1.29, 1.82) is 0 Å². The molecule has 0 radical (unpaired) electrons.